The highest BCUT2D eigenvalue weighted by Gasteiger charge is 2.44. The Kier molecular flexibility index (Phi) is 49.1. The van der Waals surface area contributed by atoms with Crippen LogP contribution in [-0.4, -0.2) is 110 Å². The molecule has 0 radical (unpaired) electrons. The number of hydrogen-bond acceptors (Lipinski definition) is 10. The van der Waals surface area contributed by atoms with Crippen LogP contribution < -0.4 is 5.32 Å². The molecule has 434 valence electrons. The highest BCUT2D eigenvalue weighted by Crippen LogP contribution is 2.23. The molecule has 8 N–H and O–H groups in total. The maximum absolute atomic E-state index is 13.2. The first-order valence-corrected chi connectivity index (χ1v) is 31.0. The van der Waals surface area contributed by atoms with Crippen LogP contribution in [0.3, 0.4) is 0 Å². The smallest absolute Gasteiger partial charge is 0.249 e. The number of allylic oxidation sites excluding steroid dienone is 8. The highest BCUT2D eigenvalue weighted by atomic mass is 16.7. The average Bonchev–Trinajstić information content (AvgIpc) is 3.40. The third kappa shape index (κ3) is 39.4. The summed E-state index contributed by atoms with van der Waals surface area (Å²) in [5.74, 6) is -0.709. The van der Waals surface area contributed by atoms with Gasteiger partial charge in [-0.25, -0.2) is 0 Å². The Morgan fingerprint density at radius 1 is 0.473 bits per heavy atom. The summed E-state index contributed by atoms with van der Waals surface area (Å²) >= 11 is 0. The Morgan fingerprint density at radius 3 is 1.28 bits per heavy atom. The van der Waals surface area contributed by atoms with Gasteiger partial charge < -0.3 is 50.5 Å². The SMILES string of the molecule is CCCCCCCC/C=C/CC/C=C/CCCC(O)C(O)C(COC1OC(CO)C(O)C(O)C1O)NC(=O)C(O)CCCCCCCCCCCCCCCCCC/C=C\C/C=C\CCCCCCCCCCC. The fourth-order valence-corrected chi connectivity index (χ4v) is 9.78. The molecule has 11 nitrogen and oxygen atoms in total. The summed E-state index contributed by atoms with van der Waals surface area (Å²) in [6.45, 7) is 3.44. The van der Waals surface area contributed by atoms with E-state index in [2.05, 4.69) is 67.8 Å². The minimum atomic E-state index is -1.67. The summed E-state index contributed by atoms with van der Waals surface area (Å²) in [4.78, 5) is 13.2. The molecule has 1 amide bonds. The Hall–Kier alpha value is -1.93. The van der Waals surface area contributed by atoms with Crippen molar-refractivity contribution in [3.8, 4) is 0 Å². The molecule has 9 atom stereocenters. The predicted octanol–water partition coefficient (Wildman–Crippen LogP) is 13.6. The fraction of sp³-hybridized carbons (Fsp3) is 0.857. The van der Waals surface area contributed by atoms with Gasteiger partial charge in [-0.1, -0.05) is 242 Å². The number of carbonyl (C=O) groups is 1. The predicted molar refractivity (Wildman–Crippen MR) is 307 cm³/mol. The number of rotatable bonds is 53. The number of amides is 1. The average molecular weight is 1050 g/mol. The van der Waals surface area contributed by atoms with Crippen molar-refractivity contribution < 1.29 is 50.0 Å². The summed E-state index contributed by atoms with van der Waals surface area (Å²) in [5.41, 5.74) is 0. The van der Waals surface area contributed by atoms with E-state index in [0.717, 1.165) is 44.9 Å². The topological polar surface area (TPSA) is 189 Å². The summed E-state index contributed by atoms with van der Waals surface area (Å²) in [6.07, 6.45) is 54.7. The quantitative estimate of drug-likeness (QED) is 0.0215. The first-order valence-electron chi connectivity index (χ1n) is 31.0. The van der Waals surface area contributed by atoms with Crippen molar-refractivity contribution in [1.29, 1.82) is 0 Å². The van der Waals surface area contributed by atoms with Gasteiger partial charge in [-0.3, -0.25) is 4.79 Å². The van der Waals surface area contributed by atoms with Gasteiger partial charge in [0.25, 0.3) is 0 Å². The van der Waals surface area contributed by atoms with Crippen molar-refractivity contribution in [3.05, 3.63) is 48.6 Å². The van der Waals surface area contributed by atoms with Crippen LogP contribution in [0.2, 0.25) is 0 Å². The van der Waals surface area contributed by atoms with E-state index in [1.165, 1.54) is 186 Å². The molecule has 0 saturated carbocycles. The van der Waals surface area contributed by atoms with Crippen LogP contribution >= 0.6 is 0 Å². The number of aliphatic hydroxyl groups is 7. The van der Waals surface area contributed by atoms with Crippen molar-refractivity contribution >= 4 is 5.91 Å². The first kappa shape index (κ1) is 70.1. The molecule has 74 heavy (non-hydrogen) atoms. The summed E-state index contributed by atoms with van der Waals surface area (Å²) in [5, 5.41) is 76.1. The van der Waals surface area contributed by atoms with E-state index >= 15 is 0 Å². The van der Waals surface area contributed by atoms with Gasteiger partial charge >= 0.3 is 0 Å². The van der Waals surface area contributed by atoms with Gasteiger partial charge in [-0.15, -0.1) is 0 Å². The monoisotopic (exact) mass is 1050 g/mol. The van der Waals surface area contributed by atoms with Gasteiger partial charge in [-0.2, -0.15) is 0 Å². The fourth-order valence-electron chi connectivity index (χ4n) is 9.78. The molecular formula is C63H117NO10. The third-order valence-electron chi connectivity index (χ3n) is 14.8. The molecule has 1 aliphatic rings. The van der Waals surface area contributed by atoms with Crippen LogP contribution in [0.25, 0.3) is 0 Å². The van der Waals surface area contributed by atoms with Crippen LogP contribution in [0.5, 0.6) is 0 Å². The second-order valence-electron chi connectivity index (χ2n) is 21.8. The first-order chi connectivity index (χ1) is 36.2. The normalized spacial score (nSPS) is 20.1. The van der Waals surface area contributed by atoms with Crippen LogP contribution in [0.1, 0.15) is 277 Å². The van der Waals surface area contributed by atoms with Crippen LogP contribution in [0, 0.1) is 0 Å². The van der Waals surface area contributed by atoms with Gasteiger partial charge in [0.1, 0.15) is 36.6 Å². The molecule has 1 rings (SSSR count). The molecule has 1 heterocycles. The van der Waals surface area contributed by atoms with Crippen molar-refractivity contribution in [2.45, 2.75) is 332 Å². The molecule has 11 heteroatoms. The number of hydrogen-bond donors (Lipinski definition) is 8. The van der Waals surface area contributed by atoms with Gasteiger partial charge in [0.2, 0.25) is 5.91 Å². The van der Waals surface area contributed by atoms with E-state index < -0.39 is 74.2 Å². The van der Waals surface area contributed by atoms with E-state index in [0.29, 0.717) is 19.3 Å². The van der Waals surface area contributed by atoms with Crippen LogP contribution in [-0.2, 0) is 14.3 Å². The number of carbonyl (C=O) groups excluding carboxylic acids is 1. The summed E-state index contributed by atoms with van der Waals surface area (Å²) in [7, 11) is 0. The number of ether oxygens (including phenoxy) is 2. The van der Waals surface area contributed by atoms with Crippen molar-refractivity contribution in [1.82, 2.24) is 5.32 Å². The lowest BCUT2D eigenvalue weighted by Crippen LogP contribution is -2.60. The van der Waals surface area contributed by atoms with Gasteiger partial charge in [0, 0.05) is 0 Å². The van der Waals surface area contributed by atoms with Crippen molar-refractivity contribution in [3.63, 3.8) is 0 Å². The lowest BCUT2D eigenvalue weighted by molar-refractivity contribution is -0.303. The molecule has 1 aliphatic heterocycles. The minimum Gasteiger partial charge on any atom is -0.394 e. The van der Waals surface area contributed by atoms with Gasteiger partial charge in [0.15, 0.2) is 6.29 Å². The maximum atomic E-state index is 13.2. The van der Waals surface area contributed by atoms with Gasteiger partial charge in [0.05, 0.1) is 25.4 Å². The summed E-state index contributed by atoms with van der Waals surface area (Å²) in [6, 6.07) is -1.19. The Morgan fingerprint density at radius 2 is 0.851 bits per heavy atom. The molecule has 0 spiro atoms. The number of aliphatic hydroxyl groups excluding tert-OH is 7. The van der Waals surface area contributed by atoms with E-state index in [1.54, 1.807) is 0 Å². The Bertz CT molecular complexity index is 1340. The zero-order valence-electron chi connectivity index (χ0n) is 47.6. The number of unbranched alkanes of at least 4 members (excludes halogenated alkanes) is 33. The maximum Gasteiger partial charge on any atom is 0.249 e. The number of nitrogens with one attached hydrogen (secondary N) is 1. The third-order valence-corrected chi connectivity index (χ3v) is 14.8. The molecule has 1 fully saturated rings. The van der Waals surface area contributed by atoms with Crippen molar-refractivity contribution in [2.75, 3.05) is 13.2 Å². The van der Waals surface area contributed by atoms with Crippen LogP contribution in [0.15, 0.2) is 48.6 Å². The minimum absolute atomic E-state index is 0.246. The molecule has 0 aromatic heterocycles. The Balaban J connectivity index is 2.22. The van der Waals surface area contributed by atoms with Crippen LogP contribution in [0.4, 0.5) is 0 Å². The molecular weight excluding hydrogens is 931 g/mol. The lowest BCUT2D eigenvalue weighted by Gasteiger charge is -2.40. The molecule has 0 aliphatic carbocycles. The standard InChI is InChI=1S/C63H117NO10/c1-3-5-7-9-11-13-15-17-19-20-21-22-23-24-25-26-27-28-29-30-31-32-33-34-35-37-39-41-43-45-47-49-51-56(67)62(72)64-54(53-73-63-61(71)60(70)59(69)57(52-65)74-63)58(68)55(66)50-48-46-44-42-40-38-36-18-16-14-12-10-8-6-4-2/h18,21-22,24-25,36,42,44,54-61,63,65-71H,3-17,19-20,23,26-35,37-41,43,45-53H2,1-2H3,(H,64,72)/b22-21-,25-24-,36-18+,44-42+. The molecule has 9 unspecified atom stereocenters. The molecule has 0 aromatic carbocycles. The van der Waals surface area contributed by atoms with Gasteiger partial charge in [-0.05, 0) is 83.5 Å². The summed E-state index contributed by atoms with van der Waals surface area (Å²) < 4.78 is 11.1. The zero-order chi connectivity index (χ0) is 54.0. The molecule has 1 saturated heterocycles. The van der Waals surface area contributed by atoms with E-state index in [1.807, 2.05) is 0 Å². The second kappa shape index (κ2) is 51.8. The highest BCUT2D eigenvalue weighted by molar-refractivity contribution is 5.80. The van der Waals surface area contributed by atoms with Crippen molar-refractivity contribution in [2.24, 2.45) is 0 Å². The molecule has 0 aromatic rings. The second-order valence-corrected chi connectivity index (χ2v) is 21.8. The largest absolute Gasteiger partial charge is 0.394 e. The van der Waals surface area contributed by atoms with E-state index in [-0.39, 0.29) is 12.8 Å². The Labute approximate surface area is 453 Å². The molecule has 0 bridgehead atoms. The zero-order valence-corrected chi connectivity index (χ0v) is 47.6. The van der Waals surface area contributed by atoms with E-state index in [4.69, 9.17) is 9.47 Å². The van der Waals surface area contributed by atoms with E-state index in [9.17, 15) is 40.5 Å². The lowest BCUT2D eigenvalue weighted by atomic mass is 9.98.